The Bertz CT molecular complexity index is 1030. The van der Waals surface area contributed by atoms with Crippen LogP contribution in [0.1, 0.15) is 46.4 Å². The van der Waals surface area contributed by atoms with Gasteiger partial charge in [-0.2, -0.15) is 0 Å². The molecule has 1 aromatic heterocycles. The molecule has 0 spiro atoms. The fourth-order valence-electron chi connectivity index (χ4n) is 3.01. The molecule has 6 nitrogen and oxygen atoms in total. The van der Waals surface area contributed by atoms with E-state index in [9.17, 15) is 14.4 Å². The third kappa shape index (κ3) is 5.78. The maximum absolute atomic E-state index is 12.2. The van der Waals surface area contributed by atoms with Crippen LogP contribution in [0, 0.1) is 0 Å². The summed E-state index contributed by atoms with van der Waals surface area (Å²) in [6.45, 7) is 1.11. The highest BCUT2D eigenvalue weighted by Gasteiger charge is 2.12. The number of nitrogens with one attached hydrogen (secondary N) is 2. The minimum absolute atomic E-state index is 0.0207. The Morgan fingerprint density at radius 1 is 0.759 bits per heavy atom. The van der Waals surface area contributed by atoms with E-state index >= 15 is 0 Å². The third-order valence-corrected chi connectivity index (χ3v) is 4.60. The second-order valence-electron chi connectivity index (χ2n) is 6.78. The first kappa shape index (κ1) is 20.3. The highest BCUT2D eigenvalue weighted by atomic mass is 16.4. The number of amides is 2. The van der Waals surface area contributed by atoms with Crippen LogP contribution in [0.25, 0.3) is 11.0 Å². The highest BCUT2D eigenvalue weighted by molar-refractivity contribution is 5.96. The van der Waals surface area contributed by atoms with E-state index < -0.39 is 11.5 Å². The molecule has 2 aromatic carbocycles. The van der Waals surface area contributed by atoms with Crippen LogP contribution < -0.4 is 16.3 Å². The van der Waals surface area contributed by atoms with Gasteiger partial charge in [-0.05, 0) is 37.1 Å². The van der Waals surface area contributed by atoms with E-state index in [2.05, 4.69) is 10.6 Å². The number of hydrogen-bond acceptors (Lipinski definition) is 4. The standard InChI is InChI=1S/C23H24N2O4/c26-21(17-10-4-3-5-11-17)24-14-8-1-2-9-15-25-22(27)19-16-18-12-6-7-13-20(18)29-23(19)28/h3-7,10-13,16H,1-2,8-9,14-15H2,(H,24,26)(H,25,27). The van der Waals surface area contributed by atoms with Crippen LogP contribution in [-0.4, -0.2) is 24.9 Å². The van der Waals surface area contributed by atoms with E-state index in [1.165, 1.54) is 0 Å². The molecule has 3 aromatic rings. The van der Waals surface area contributed by atoms with Crippen molar-refractivity contribution >= 4 is 22.8 Å². The van der Waals surface area contributed by atoms with Crippen molar-refractivity contribution in [3.8, 4) is 0 Å². The number of para-hydroxylation sites is 1. The number of rotatable bonds is 9. The van der Waals surface area contributed by atoms with Crippen molar-refractivity contribution < 1.29 is 14.0 Å². The van der Waals surface area contributed by atoms with Gasteiger partial charge in [-0.25, -0.2) is 4.79 Å². The van der Waals surface area contributed by atoms with Crippen molar-refractivity contribution in [2.24, 2.45) is 0 Å². The lowest BCUT2D eigenvalue weighted by Crippen LogP contribution is -2.29. The zero-order chi connectivity index (χ0) is 20.5. The second kappa shape index (κ2) is 10.2. The molecule has 0 bridgehead atoms. The number of carbonyl (C=O) groups is 2. The summed E-state index contributed by atoms with van der Waals surface area (Å²) in [5.74, 6) is -0.480. The van der Waals surface area contributed by atoms with Crippen molar-refractivity contribution in [1.29, 1.82) is 0 Å². The van der Waals surface area contributed by atoms with E-state index in [0.717, 1.165) is 31.1 Å². The quantitative estimate of drug-likeness (QED) is 0.431. The van der Waals surface area contributed by atoms with E-state index in [-0.39, 0.29) is 11.5 Å². The van der Waals surface area contributed by atoms with Crippen molar-refractivity contribution in [3.63, 3.8) is 0 Å². The average Bonchev–Trinajstić information content (AvgIpc) is 2.75. The lowest BCUT2D eigenvalue weighted by Gasteiger charge is -2.06. The Morgan fingerprint density at radius 2 is 1.38 bits per heavy atom. The Balaban J connectivity index is 1.33. The molecule has 0 saturated carbocycles. The molecule has 0 aliphatic heterocycles. The van der Waals surface area contributed by atoms with Gasteiger partial charge in [0.1, 0.15) is 11.1 Å². The third-order valence-electron chi connectivity index (χ3n) is 4.60. The van der Waals surface area contributed by atoms with Gasteiger partial charge in [0.15, 0.2) is 0 Å². The first-order valence-electron chi connectivity index (χ1n) is 9.79. The fraction of sp³-hybridized carbons (Fsp3) is 0.261. The number of carbonyl (C=O) groups excluding carboxylic acids is 2. The van der Waals surface area contributed by atoms with Gasteiger partial charge in [-0.15, -0.1) is 0 Å². The lowest BCUT2D eigenvalue weighted by atomic mass is 10.1. The van der Waals surface area contributed by atoms with Gasteiger partial charge in [-0.3, -0.25) is 9.59 Å². The van der Waals surface area contributed by atoms with Gasteiger partial charge >= 0.3 is 5.63 Å². The van der Waals surface area contributed by atoms with Gasteiger partial charge in [0, 0.05) is 24.0 Å². The predicted molar refractivity (Wildman–Crippen MR) is 112 cm³/mol. The molecule has 3 rings (SSSR count). The molecule has 0 unspecified atom stereocenters. The molecule has 0 aliphatic rings. The molecule has 0 radical (unpaired) electrons. The number of benzene rings is 2. The van der Waals surface area contributed by atoms with E-state index in [0.29, 0.717) is 24.2 Å². The Labute approximate surface area is 168 Å². The van der Waals surface area contributed by atoms with Crippen molar-refractivity contribution in [2.45, 2.75) is 25.7 Å². The van der Waals surface area contributed by atoms with Crippen LogP contribution in [0.15, 0.2) is 69.9 Å². The smallest absolute Gasteiger partial charge is 0.349 e. The summed E-state index contributed by atoms with van der Waals surface area (Å²) >= 11 is 0. The predicted octanol–water partition coefficient (Wildman–Crippen LogP) is 3.51. The van der Waals surface area contributed by atoms with Gasteiger partial charge in [-0.1, -0.05) is 49.2 Å². The molecule has 150 valence electrons. The molecule has 6 heteroatoms. The zero-order valence-corrected chi connectivity index (χ0v) is 16.1. The minimum atomic E-state index is -0.629. The van der Waals surface area contributed by atoms with Gasteiger partial charge in [0.2, 0.25) is 0 Å². The molecule has 0 saturated heterocycles. The molecule has 0 atom stereocenters. The first-order valence-corrected chi connectivity index (χ1v) is 9.79. The maximum atomic E-state index is 12.2. The summed E-state index contributed by atoms with van der Waals surface area (Å²) in [6.07, 6.45) is 3.55. The number of unbranched alkanes of at least 4 members (excludes halogenated alkanes) is 3. The monoisotopic (exact) mass is 392 g/mol. The molecular formula is C23H24N2O4. The summed E-state index contributed by atoms with van der Waals surface area (Å²) < 4.78 is 5.19. The number of fused-ring (bicyclic) bond motifs is 1. The van der Waals surface area contributed by atoms with Crippen LogP contribution in [0.2, 0.25) is 0 Å². The molecule has 29 heavy (non-hydrogen) atoms. The normalized spacial score (nSPS) is 10.6. The topological polar surface area (TPSA) is 88.4 Å². The van der Waals surface area contributed by atoms with Crippen LogP contribution in [0.4, 0.5) is 0 Å². The largest absolute Gasteiger partial charge is 0.422 e. The van der Waals surface area contributed by atoms with E-state index in [1.807, 2.05) is 24.3 Å². The van der Waals surface area contributed by atoms with Gasteiger partial charge < -0.3 is 15.1 Å². The van der Waals surface area contributed by atoms with Crippen LogP contribution >= 0.6 is 0 Å². The highest BCUT2D eigenvalue weighted by Crippen LogP contribution is 2.12. The summed E-state index contributed by atoms with van der Waals surface area (Å²) in [5.41, 5.74) is 0.518. The Hall–Kier alpha value is -3.41. The van der Waals surface area contributed by atoms with Crippen LogP contribution in [0.3, 0.4) is 0 Å². The molecular weight excluding hydrogens is 368 g/mol. The Morgan fingerprint density at radius 3 is 2.10 bits per heavy atom. The summed E-state index contributed by atoms with van der Waals surface area (Å²) in [6, 6.07) is 17.8. The molecule has 2 N–H and O–H groups in total. The Kier molecular flexibility index (Phi) is 7.16. The minimum Gasteiger partial charge on any atom is -0.422 e. The summed E-state index contributed by atoms with van der Waals surface area (Å²) in [7, 11) is 0. The second-order valence-corrected chi connectivity index (χ2v) is 6.78. The lowest BCUT2D eigenvalue weighted by molar-refractivity contribution is 0.0941. The fourth-order valence-corrected chi connectivity index (χ4v) is 3.01. The van der Waals surface area contributed by atoms with E-state index in [1.54, 1.807) is 36.4 Å². The van der Waals surface area contributed by atoms with Crippen molar-refractivity contribution in [2.75, 3.05) is 13.1 Å². The van der Waals surface area contributed by atoms with Crippen LogP contribution in [0.5, 0.6) is 0 Å². The molecule has 0 aliphatic carbocycles. The van der Waals surface area contributed by atoms with Gasteiger partial charge in [0.05, 0.1) is 0 Å². The van der Waals surface area contributed by atoms with Gasteiger partial charge in [0.25, 0.3) is 11.8 Å². The first-order chi connectivity index (χ1) is 14.1. The SMILES string of the molecule is O=C(NCCCCCCNC(=O)c1cc2ccccc2oc1=O)c1ccccc1. The molecule has 0 fully saturated rings. The average molecular weight is 392 g/mol. The van der Waals surface area contributed by atoms with Crippen molar-refractivity contribution in [1.82, 2.24) is 10.6 Å². The van der Waals surface area contributed by atoms with Crippen molar-refractivity contribution in [3.05, 3.63) is 82.2 Å². The summed E-state index contributed by atoms with van der Waals surface area (Å²) in [5, 5.41) is 6.38. The number of hydrogen-bond donors (Lipinski definition) is 2. The maximum Gasteiger partial charge on any atom is 0.349 e. The summed E-state index contributed by atoms with van der Waals surface area (Å²) in [4.78, 5) is 36.1. The van der Waals surface area contributed by atoms with Crippen LogP contribution in [-0.2, 0) is 0 Å². The molecule has 2 amide bonds. The molecule has 1 heterocycles. The zero-order valence-electron chi connectivity index (χ0n) is 16.1. The van der Waals surface area contributed by atoms with E-state index in [4.69, 9.17) is 4.42 Å².